The second-order valence-corrected chi connectivity index (χ2v) is 4.05. The van der Waals surface area contributed by atoms with Crippen molar-refractivity contribution >= 4 is 23.5 Å². The number of hydrogen-bond acceptors (Lipinski definition) is 3. The average Bonchev–Trinajstić information content (AvgIpc) is 2.41. The summed E-state index contributed by atoms with van der Waals surface area (Å²) in [6, 6.07) is 6.51. The lowest BCUT2D eigenvalue weighted by Crippen LogP contribution is -2.40. The van der Waals surface area contributed by atoms with Crippen molar-refractivity contribution < 1.29 is 19.5 Å². The summed E-state index contributed by atoms with van der Waals surface area (Å²) in [6.07, 6.45) is 0. The molecular weight excluding hydrogens is 236 g/mol. The standard InChI is InChI=1S/C12H12N2O4/c1-13-6-10(15)14(7-11(16)17)9-5-3-2-4-8(9)12(13)18/h2-5H,6-7H2,1H3,(H,16,17). The molecule has 1 aromatic rings. The summed E-state index contributed by atoms with van der Waals surface area (Å²) < 4.78 is 0. The number of aliphatic carboxylic acids is 1. The minimum atomic E-state index is -1.12. The van der Waals surface area contributed by atoms with E-state index in [1.54, 1.807) is 24.3 Å². The van der Waals surface area contributed by atoms with Crippen LogP contribution in [0, 0.1) is 0 Å². The van der Waals surface area contributed by atoms with Gasteiger partial charge in [-0.15, -0.1) is 0 Å². The number of fused-ring (bicyclic) bond motifs is 1. The lowest BCUT2D eigenvalue weighted by molar-refractivity contribution is -0.136. The molecule has 0 bridgehead atoms. The van der Waals surface area contributed by atoms with Crippen LogP contribution in [0.25, 0.3) is 0 Å². The van der Waals surface area contributed by atoms with E-state index in [1.807, 2.05) is 0 Å². The number of amides is 2. The van der Waals surface area contributed by atoms with Gasteiger partial charge < -0.3 is 10.0 Å². The quantitative estimate of drug-likeness (QED) is 0.810. The van der Waals surface area contributed by atoms with Crippen LogP contribution in [0.4, 0.5) is 5.69 Å². The highest BCUT2D eigenvalue weighted by Crippen LogP contribution is 2.24. The third kappa shape index (κ3) is 2.04. The smallest absolute Gasteiger partial charge is 0.323 e. The van der Waals surface area contributed by atoms with Crippen molar-refractivity contribution in [2.45, 2.75) is 0 Å². The Morgan fingerprint density at radius 1 is 1.33 bits per heavy atom. The second-order valence-electron chi connectivity index (χ2n) is 4.05. The maximum absolute atomic E-state index is 12.0. The molecule has 1 aromatic carbocycles. The first-order valence-electron chi connectivity index (χ1n) is 5.37. The first kappa shape index (κ1) is 12.1. The minimum Gasteiger partial charge on any atom is -0.480 e. The average molecular weight is 248 g/mol. The fourth-order valence-corrected chi connectivity index (χ4v) is 1.90. The molecule has 2 amide bonds. The zero-order valence-electron chi connectivity index (χ0n) is 9.79. The SMILES string of the molecule is CN1CC(=O)N(CC(=O)O)c2ccccc2C1=O. The largest absolute Gasteiger partial charge is 0.480 e. The number of hydrogen-bond donors (Lipinski definition) is 1. The predicted octanol–water partition coefficient (Wildman–Crippen LogP) is 0.190. The van der Waals surface area contributed by atoms with Crippen LogP contribution in [0.5, 0.6) is 0 Å². The summed E-state index contributed by atoms with van der Waals surface area (Å²) in [5, 5.41) is 8.84. The van der Waals surface area contributed by atoms with Gasteiger partial charge in [0.2, 0.25) is 5.91 Å². The topological polar surface area (TPSA) is 77.9 Å². The number of carboxylic acid groups (broad SMARTS) is 1. The van der Waals surface area contributed by atoms with Gasteiger partial charge in [-0.25, -0.2) is 0 Å². The summed E-state index contributed by atoms with van der Waals surface area (Å²) in [7, 11) is 1.52. The van der Waals surface area contributed by atoms with Gasteiger partial charge in [0, 0.05) is 7.05 Å². The zero-order chi connectivity index (χ0) is 13.3. The summed E-state index contributed by atoms with van der Waals surface area (Å²) in [5.74, 6) is -1.81. The van der Waals surface area contributed by atoms with E-state index in [4.69, 9.17) is 5.11 Å². The highest BCUT2D eigenvalue weighted by molar-refractivity contribution is 6.10. The van der Waals surface area contributed by atoms with Gasteiger partial charge in [0.15, 0.2) is 0 Å². The van der Waals surface area contributed by atoms with Gasteiger partial charge in [-0.1, -0.05) is 12.1 Å². The maximum Gasteiger partial charge on any atom is 0.323 e. The van der Waals surface area contributed by atoms with Crippen molar-refractivity contribution in [2.75, 3.05) is 25.0 Å². The Bertz CT molecular complexity index is 527. The molecule has 0 unspecified atom stereocenters. The second kappa shape index (κ2) is 4.48. The molecule has 0 radical (unpaired) electrons. The molecule has 0 atom stereocenters. The van der Waals surface area contributed by atoms with E-state index in [2.05, 4.69) is 0 Å². The number of benzene rings is 1. The highest BCUT2D eigenvalue weighted by Gasteiger charge is 2.30. The van der Waals surface area contributed by atoms with Crippen LogP contribution >= 0.6 is 0 Å². The van der Waals surface area contributed by atoms with Crippen molar-refractivity contribution in [3.05, 3.63) is 29.8 Å². The molecular formula is C12H12N2O4. The molecule has 1 aliphatic heterocycles. The first-order chi connectivity index (χ1) is 8.50. The number of rotatable bonds is 2. The van der Waals surface area contributed by atoms with E-state index >= 15 is 0 Å². The van der Waals surface area contributed by atoms with Crippen LogP contribution in [-0.4, -0.2) is 47.9 Å². The molecule has 18 heavy (non-hydrogen) atoms. The summed E-state index contributed by atoms with van der Waals surface area (Å²) >= 11 is 0. The highest BCUT2D eigenvalue weighted by atomic mass is 16.4. The Kier molecular flexibility index (Phi) is 3.01. The van der Waals surface area contributed by atoms with Gasteiger partial charge in [-0.05, 0) is 12.1 Å². The Morgan fingerprint density at radius 2 is 2.00 bits per heavy atom. The molecule has 0 aliphatic carbocycles. The lowest BCUT2D eigenvalue weighted by Gasteiger charge is -2.19. The molecule has 0 saturated carbocycles. The first-order valence-corrected chi connectivity index (χ1v) is 5.37. The molecule has 6 heteroatoms. The van der Waals surface area contributed by atoms with Gasteiger partial charge in [0.1, 0.15) is 13.1 Å². The number of nitrogens with zero attached hydrogens (tertiary/aromatic N) is 2. The van der Waals surface area contributed by atoms with E-state index in [0.717, 1.165) is 4.90 Å². The molecule has 2 rings (SSSR count). The Balaban J connectivity index is 2.53. The molecule has 1 aliphatic rings. The third-order valence-electron chi connectivity index (χ3n) is 2.74. The van der Waals surface area contributed by atoms with Crippen LogP contribution in [0.2, 0.25) is 0 Å². The Morgan fingerprint density at radius 3 is 2.67 bits per heavy atom. The van der Waals surface area contributed by atoms with Crippen LogP contribution in [0.1, 0.15) is 10.4 Å². The van der Waals surface area contributed by atoms with Crippen molar-refractivity contribution in [3.8, 4) is 0 Å². The summed E-state index contributed by atoms with van der Waals surface area (Å²) in [4.78, 5) is 37.2. The van der Waals surface area contributed by atoms with E-state index in [-0.39, 0.29) is 12.5 Å². The molecule has 1 N–H and O–H groups in total. The fourth-order valence-electron chi connectivity index (χ4n) is 1.90. The van der Waals surface area contributed by atoms with Crippen LogP contribution in [0.15, 0.2) is 24.3 Å². The molecule has 94 valence electrons. The third-order valence-corrected chi connectivity index (χ3v) is 2.74. The molecule has 6 nitrogen and oxygen atoms in total. The number of carbonyl (C=O) groups is 3. The van der Waals surface area contributed by atoms with Crippen LogP contribution in [-0.2, 0) is 9.59 Å². The van der Waals surface area contributed by atoms with Crippen LogP contribution < -0.4 is 4.90 Å². The van der Waals surface area contributed by atoms with Crippen molar-refractivity contribution in [2.24, 2.45) is 0 Å². The predicted molar refractivity (Wildman–Crippen MR) is 63.4 cm³/mol. The lowest BCUT2D eigenvalue weighted by atomic mass is 10.1. The number of carboxylic acids is 1. The van der Waals surface area contributed by atoms with E-state index in [1.165, 1.54) is 11.9 Å². The molecule has 1 heterocycles. The van der Waals surface area contributed by atoms with Crippen molar-refractivity contribution in [1.82, 2.24) is 4.90 Å². The van der Waals surface area contributed by atoms with Gasteiger partial charge in [-0.2, -0.15) is 0 Å². The Hall–Kier alpha value is -2.37. The number of anilines is 1. The van der Waals surface area contributed by atoms with Gasteiger partial charge in [0.05, 0.1) is 11.3 Å². The Labute approximate surface area is 103 Å². The molecule has 0 aromatic heterocycles. The summed E-state index contributed by atoms with van der Waals surface area (Å²) in [5.41, 5.74) is 0.686. The maximum atomic E-state index is 12.0. The van der Waals surface area contributed by atoms with Gasteiger partial charge in [-0.3, -0.25) is 19.3 Å². The van der Waals surface area contributed by atoms with Gasteiger partial charge >= 0.3 is 5.97 Å². The van der Waals surface area contributed by atoms with Crippen LogP contribution in [0.3, 0.4) is 0 Å². The van der Waals surface area contributed by atoms with Crippen molar-refractivity contribution in [1.29, 1.82) is 0 Å². The fraction of sp³-hybridized carbons (Fsp3) is 0.250. The minimum absolute atomic E-state index is 0.124. The summed E-state index contributed by atoms with van der Waals surface area (Å²) in [6.45, 7) is -0.572. The number of likely N-dealkylation sites (N-methyl/N-ethyl adjacent to an activating group) is 1. The molecule has 0 fully saturated rings. The van der Waals surface area contributed by atoms with E-state index < -0.39 is 18.4 Å². The molecule has 0 spiro atoms. The van der Waals surface area contributed by atoms with E-state index in [9.17, 15) is 14.4 Å². The normalized spacial score (nSPS) is 15.4. The van der Waals surface area contributed by atoms with Gasteiger partial charge in [0.25, 0.3) is 5.91 Å². The number of para-hydroxylation sites is 1. The van der Waals surface area contributed by atoms with E-state index in [0.29, 0.717) is 11.3 Å². The molecule has 0 saturated heterocycles. The number of carbonyl (C=O) groups excluding carboxylic acids is 2. The van der Waals surface area contributed by atoms with Crippen molar-refractivity contribution in [3.63, 3.8) is 0 Å². The monoisotopic (exact) mass is 248 g/mol. The zero-order valence-corrected chi connectivity index (χ0v) is 9.79.